The molecule has 4 rings (SSSR count). The Morgan fingerprint density at radius 2 is 1.68 bits per heavy atom. The van der Waals surface area contributed by atoms with Crippen molar-refractivity contribution in [2.24, 2.45) is 0 Å². The third kappa shape index (κ3) is 5.18. The summed E-state index contributed by atoms with van der Waals surface area (Å²) in [5, 5.41) is 2.72. The molecule has 2 heterocycles. The lowest BCUT2D eigenvalue weighted by atomic mass is 10.1. The number of ether oxygens (including phenoxy) is 1. The van der Waals surface area contributed by atoms with Gasteiger partial charge < -0.3 is 15.0 Å². The molecule has 0 saturated carbocycles. The number of anilines is 2. The van der Waals surface area contributed by atoms with Gasteiger partial charge in [0, 0.05) is 49.9 Å². The lowest BCUT2D eigenvalue weighted by Crippen LogP contribution is -2.48. The number of aromatic nitrogens is 2. The van der Waals surface area contributed by atoms with Crippen molar-refractivity contribution in [1.82, 2.24) is 14.3 Å². The second-order valence-corrected chi connectivity index (χ2v) is 9.75. The second-order valence-electron chi connectivity index (χ2n) is 7.81. The Morgan fingerprint density at radius 3 is 2.29 bits per heavy atom. The molecule has 0 atom stereocenters. The van der Waals surface area contributed by atoms with Crippen LogP contribution in [0.4, 0.5) is 11.5 Å². The number of hydrogen-bond donors (Lipinski definition) is 1. The number of carbonyl (C=O) groups is 1. The van der Waals surface area contributed by atoms with Crippen LogP contribution in [-0.2, 0) is 14.8 Å². The summed E-state index contributed by atoms with van der Waals surface area (Å²) in [6.45, 7) is 3.48. The molecule has 0 spiro atoms. The van der Waals surface area contributed by atoms with Crippen molar-refractivity contribution in [1.29, 1.82) is 0 Å². The van der Waals surface area contributed by atoms with E-state index in [1.54, 1.807) is 26.2 Å². The molecule has 1 aliphatic heterocycles. The predicted molar refractivity (Wildman–Crippen MR) is 130 cm³/mol. The molecule has 10 heteroatoms. The van der Waals surface area contributed by atoms with Gasteiger partial charge in [-0.3, -0.25) is 4.79 Å². The van der Waals surface area contributed by atoms with Crippen molar-refractivity contribution in [3.8, 4) is 17.0 Å². The monoisotopic (exact) mass is 481 g/mol. The molecule has 1 N–H and O–H groups in total. The molecular formula is C24H27N5O4S. The molecule has 0 bridgehead atoms. The normalized spacial score (nSPS) is 14.6. The first-order valence-electron chi connectivity index (χ1n) is 11.0. The highest BCUT2D eigenvalue weighted by atomic mass is 32.2. The Morgan fingerprint density at radius 1 is 1.00 bits per heavy atom. The van der Waals surface area contributed by atoms with Crippen molar-refractivity contribution in [2.45, 2.75) is 18.2 Å². The van der Waals surface area contributed by atoms with Gasteiger partial charge in [-0.1, -0.05) is 6.92 Å². The molecule has 178 valence electrons. The SMILES string of the molecule is CCC(=O)Nc1ccc(S(=O)(=O)N2CCN(c3cc(-c4ccc(OC)cc4)ncn3)CC2)cc1. The number of amides is 1. The van der Waals surface area contributed by atoms with E-state index in [0.29, 0.717) is 38.3 Å². The summed E-state index contributed by atoms with van der Waals surface area (Å²) >= 11 is 0. The molecule has 0 unspecified atom stereocenters. The van der Waals surface area contributed by atoms with Gasteiger partial charge in [0.1, 0.15) is 17.9 Å². The fraction of sp³-hybridized carbons (Fsp3) is 0.292. The van der Waals surface area contributed by atoms with Crippen molar-refractivity contribution in [2.75, 3.05) is 43.5 Å². The minimum Gasteiger partial charge on any atom is -0.497 e. The molecule has 34 heavy (non-hydrogen) atoms. The number of piperazine rings is 1. The zero-order valence-electron chi connectivity index (χ0n) is 19.1. The van der Waals surface area contributed by atoms with Gasteiger partial charge in [0.2, 0.25) is 15.9 Å². The summed E-state index contributed by atoms with van der Waals surface area (Å²) in [5.41, 5.74) is 2.31. The van der Waals surface area contributed by atoms with Crippen LogP contribution in [0.2, 0.25) is 0 Å². The molecule has 3 aromatic rings. The Balaban J connectivity index is 1.42. The van der Waals surface area contributed by atoms with Crippen molar-refractivity contribution in [3.05, 3.63) is 60.9 Å². The van der Waals surface area contributed by atoms with Crippen LogP contribution in [0.15, 0.2) is 65.8 Å². The summed E-state index contributed by atoms with van der Waals surface area (Å²) in [7, 11) is -2.00. The van der Waals surface area contributed by atoms with E-state index < -0.39 is 10.0 Å². The maximum absolute atomic E-state index is 13.1. The highest BCUT2D eigenvalue weighted by molar-refractivity contribution is 7.89. The van der Waals surface area contributed by atoms with E-state index >= 15 is 0 Å². The number of nitrogens with zero attached hydrogens (tertiary/aromatic N) is 4. The molecule has 1 saturated heterocycles. The molecule has 1 fully saturated rings. The van der Waals surface area contributed by atoms with Crippen LogP contribution in [-0.4, -0.2) is 61.9 Å². The number of nitrogens with one attached hydrogen (secondary N) is 1. The highest BCUT2D eigenvalue weighted by Gasteiger charge is 2.29. The predicted octanol–water partition coefficient (Wildman–Crippen LogP) is 3.01. The van der Waals surface area contributed by atoms with E-state index in [1.165, 1.54) is 22.8 Å². The van der Waals surface area contributed by atoms with Crippen LogP contribution in [0.5, 0.6) is 5.75 Å². The maximum atomic E-state index is 13.1. The minimum absolute atomic E-state index is 0.119. The number of carbonyl (C=O) groups excluding carboxylic acids is 1. The summed E-state index contributed by atoms with van der Waals surface area (Å²) in [6.07, 6.45) is 1.88. The first-order valence-corrected chi connectivity index (χ1v) is 12.5. The Kier molecular flexibility index (Phi) is 7.09. The van der Waals surface area contributed by atoms with E-state index in [0.717, 1.165) is 22.8 Å². The van der Waals surface area contributed by atoms with Crippen molar-refractivity contribution >= 4 is 27.4 Å². The van der Waals surface area contributed by atoms with Crippen LogP contribution < -0.4 is 15.0 Å². The smallest absolute Gasteiger partial charge is 0.243 e. The van der Waals surface area contributed by atoms with Crippen LogP contribution >= 0.6 is 0 Å². The quantitative estimate of drug-likeness (QED) is 0.553. The first-order chi connectivity index (χ1) is 16.4. The average molecular weight is 482 g/mol. The van der Waals surface area contributed by atoms with Crippen LogP contribution in [0.25, 0.3) is 11.3 Å². The zero-order chi connectivity index (χ0) is 24.1. The zero-order valence-corrected chi connectivity index (χ0v) is 20.0. The van der Waals surface area contributed by atoms with E-state index in [4.69, 9.17) is 4.74 Å². The van der Waals surface area contributed by atoms with Gasteiger partial charge in [-0.15, -0.1) is 0 Å². The number of sulfonamides is 1. The molecule has 1 aromatic heterocycles. The van der Waals surface area contributed by atoms with E-state index in [9.17, 15) is 13.2 Å². The Labute approximate surface area is 199 Å². The number of methoxy groups -OCH3 is 1. The molecular weight excluding hydrogens is 454 g/mol. The first kappa shape index (κ1) is 23.7. The van der Waals surface area contributed by atoms with E-state index in [2.05, 4.69) is 20.2 Å². The molecule has 1 amide bonds. The lowest BCUT2D eigenvalue weighted by molar-refractivity contribution is -0.115. The van der Waals surface area contributed by atoms with Gasteiger partial charge >= 0.3 is 0 Å². The summed E-state index contributed by atoms with van der Waals surface area (Å²) < 4.78 is 32.9. The topological polar surface area (TPSA) is 105 Å². The number of benzene rings is 2. The average Bonchev–Trinajstić information content (AvgIpc) is 2.89. The van der Waals surface area contributed by atoms with Gasteiger partial charge in [-0.2, -0.15) is 4.31 Å². The van der Waals surface area contributed by atoms with Gasteiger partial charge in [-0.25, -0.2) is 18.4 Å². The largest absolute Gasteiger partial charge is 0.497 e. The summed E-state index contributed by atoms with van der Waals surface area (Å²) in [4.78, 5) is 22.6. The third-order valence-electron chi connectivity index (χ3n) is 5.70. The Hall–Kier alpha value is -3.50. The minimum atomic E-state index is -3.63. The number of rotatable bonds is 7. The lowest BCUT2D eigenvalue weighted by Gasteiger charge is -2.34. The number of hydrogen-bond acceptors (Lipinski definition) is 7. The fourth-order valence-electron chi connectivity index (χ4n) is 3.71. The van der Waals surface area contributed by atoms with Crippen LogP contribution in [0.1, 0.15) is 13.3 Å². The second kappa shape index (κ2) is 10.2. The Bertz CT molecular complexity index is 1240. The van der Waals surface area contributed by atoms with Gasteiger partial charge in [0.25, 0.3) is 0 Å². The van der Waals surface area contributed by atoms with Crippen molar-refractivity contribution < 1.29 is 17.9 Å². The van der Waals surface area contributed by atoms with Crippen LogP contribution in [0.3, 0.4) is 0 Å². The highest BCUT2D eigenvalue weighted by Crippen LogP contribution is 2.25. The van der Waals surface area contributed by atoms with Gasteiger partial charge in [0.15, 0.2) is 0 Å². The molecule has 0 aliphatic carbocycles. The maximum Gasteiger partial charge on any atom is 0.243 e. The van der Waals surface area contributed by atoms with Gasteiger partial charge in [0.05, 0.1) is 17.7 Å². The van der Waals surface area contributed by atoms with E-state index in [1.807, 2.05) is 30.3 Å². The third-order valence-corrected chi connectivity index (χ3v) is 7.61. The molecule has 1 aliphatic rings. The van der Waals surface area contributed by atoms with Crippen molar-refractivity contribution in [3.63, 3.8) is 0 Å². The summed E-state index contributed by atoms with van der Waals surface area (Å²) in [5.74, 6) is 1.41. The summed E-state index contributed by atoms with van der Waals surface area (Å²) in [6, 6.07) is 15.8. The van der Waals surface area contributed by atoms with Gasteiger partial charge in [-0.05, 0) is 48.5 Å². The molecule has 9 nitrogen and oxygen atoms in total. The standard InChI is InChI=1S/C24H27N5O4S/c1-3-24(30)27-19-6-10-21(11-7-19)34(31,32)29-14-12-28(13-15-29)23-16-22(25-17-26-23)18-4-8-20(33-2)9-5-18/h4-11,16-17H,3,12-15H2,1-2H3,(H,27,30). The van der Waals surface area contributed by atoms with E-state index in [-0.39, 0.29) is 10.8 Å². The molecule has 0 radical (unpaired) electrons. The van der Waals surface area contributed by atoms with Crippen LogP contribution in [0, 0.1) is 0 Å². The fourth-order valence-corrected chi connectivity index (χ4v) is 5.13. The molecule has 2 aromatic carbocycles.